The van der Waals surface area contributed by atoms with E-state index in [1.54, 1.807) is 9.47 Å². The molecule has 2 amide bonds. The number of nitrogens with one attached hydrogen (secondary N) is 1. The fraction of sp³-hybridized carbons (Fsp3) is 0.435. The van der Waals surface area contributed by atoms with Gasteiger partial charge in [-0.25, -0.2) is 13.2 Å². The molecule has 7 nitrogen and oxygen atoms in total. The highest BCUT2D eigenvalue weighted by Crippen LogP contribution is 2.46. The van der Waals surface area contributed by atoms with Crippen molar-refractivity contribution in [1.82, 2.24) is 14.8 Å². The van der Waals surface area contributed by atoms with Gasteiger partial charge in [-0.15, -0.1) is 0 Å². The molecule has 0 saturated carbocycles. The van der Waals surface area contributed by atoms with E-state index in [2.05, 4.69) is 5.32 Å². The minimum absolute atomic E-state index is 0.00379. The molecule has 0 radical (unpaired) electrons. The van der Waals surface area contributed by atoms with Gasteiger partial charge in [0.15, 0.2) is 5.43 Å². The van der Waals surface area contributed by atoms with Gasteiger partial charge >= 0.3 is 0 Å². The Morgan fingerprint density at radius 3 is 2.52 bits per heavy atom. The van der Waals surface area contributed by atoms with E-state index in [0.29, 0.717) is 25.3 Å². The molecule has 2 saturated heterocycles. The van der Waals surface area contributed by atoms with Crippen molar-refractivity contribution in [2.24, 2.45) is 0 Å². The predicted octanol–water partition coefficient (Wildman–Crippen LogP) is 2.53. The van der Waals surface area contributed by atoms with Crippen LogP contribution in [0.3, 0.4) is 0 Å². The maximum Gasteiger partial charge on any atom is 0.270 e. The largest absolute Gasteiger partial charge is 0.373 e. The number of hydrogen-bond donors (Lipinski definition) is 1. The molecule has 1 aromatic carbocycles. The number of rotatable bonds is 3. The summed E-state index contributed by atoms with van der Waals surface area (Å²) in [5.41, 5.74) is -1.74. The first kappa shape index (κ1) is 21.7. The van der Waals surface area contributed by atoms with Gasteiger partial charge in [-0.05, 0) is 19.8 Å². The topological polar surface area (TPSA) is 80.6 Å². The summed E-state index contributed by atoms with van der Waals surface area (Å²) in [6, 6.07) is 1.90. The number of carbonyl (C=O) groups excluding carboxylic acids is 2. The molecule has 3 aliphatic heterocycles. The maximum absolute atomic E-state index is 13.9. The van der Waals surface area contributed by atoms with Gasteiger partial charge in [0.2, 0.25) is 0 Å². The lowest BCUT2D eigenvalue weighted by Crippen LogP contribution is -2.56. The van der Waals surface area contributed by atoms with Crippen LogP contribution < -0.4 is 10.7 Å². The molecule has 1 N–H and O–H groups in total. The minimum Gasteiger partial charge on any atom is -0.373 e. The van der Waals surface area contributed by atoms with Crippen LogP contribution in [0.1, 0.15) is 58.6 Å². The molecule has 5 rings (SSSR count). The molecule has 3 unspecified atom stereocenters. The van der Waals surface area contributed by atoms with Crippen molar-refractivity contribution in [3.8, 4) is 0 Å². The summed E-state index contributed by atoms with van der Waals surface area (Å²) in [6.45, 7) is 2.41. The highest BCUT2D eigenvalue weighted by Gasteiger charge is 2.52. The lowest BCUT2D eigenvalue weighted by atomic mass is 9.81. The Balaban J connectivity index is 1.48. The van der Waals surface area contributed by atoms with Crippen LogP contribution in [0, 0.1) is 17.5 Å². The third-order valence-corrected chi connectivity index (χ3v) is 7.08. The summed E-state index contributed by atoms with van der Waals surface area (Å²) in [4.78, 5) is 40.3. The van der Waals surface area contributed by atoms with Crippen molar-refractivity contribution in [2.75, 3.05) is 13.2 Å². The number of benzene rings is 1. The van der Waals surface area contributed by atoms with Crippen LogP contribution in [0.15, 0.2) is 29.2 Å². The first-order chi connectivity index (χ1) is 15.7. The lowest BCUT2D eigenvalue weighted by Gasteiger charge is -2.49. The van der Waals surface area contributed by atoms with E-state index in [1.165, 1.54) is 6.20 Å². The summed E-state index contributed by atoms with van der Waals surface area (Å²) in [5, 5.41) is 2.32. The fourth-order valence-electron chi connectivity index (χ4n) is 5.06. The minimum atomic E-state index is -1.14. The number of nitrogens with zero attached hydrogens (tertiary/aromatic N) is 2. The van der Waals surface area contributed by atoms with Crippen LogP contribution in [-0.4, -0.2) is 46.1 Å². The monoisotopic (exact) mass is 461 g/mol. The van der Waals surface area contributed by atoms with Crippen LogP contribution in [0.25, 0.3) is 0 Å². The molecule has 1 aromatic heterocycles. The molecule has 4 heterocycles. The van der Waals surface area contributed by atoms with Crippen molar-refractivity contribution in [1.29, 1.82) is 0 Å². The summed E-state index contributed by atoms with van der Waals surface area (Å²) < 4.78 is 48.5. The quantitative estimate of drug-likeness (QED) is 0.762. The van der Waals surface area contributed by atoms with E-state index in [0.717, 1.165) is 25.3 Å². The zero-order valence-electron chi connectivity index (χ0n) is 17.9. The zero-order valence-corrected chi connectivity index (χ0v) is 17.9. The number of hydrogen-bond acceptors (Lipinski definition) is 4. The van der Waals surface area contributed by atoms with E-state index in [1.807, 2.05) is 6.92 Å². The number of halogens is 3. The van der Waals surface area contributed by atoms with Crippen molar-refractivity contribution in [2.45, 2.75) is 50.4 Å². The Hall–Kier alpha value is -3.14. The average molecular weight is 461 g/mol. The molecule has 2 aromatic rings. The number of carbonyl (C=O) groups is 2. The first-order valence-corrected chi connectivity index (χ1v) is 10.8. The maximum atomic E-state index is 13.9. The molecule has 3 atom stereocenters. The van der Waals surface area contributed by atoms with Crippen molar-refractivity contribution < 1.29 is 27.5 Å². The highest BCUT2D eigenvalue weighted by molar-refractivity contribution is 5.97. The van der Waals surface area contributed by atoms with Crippen LogP contribution >= 0.6 is 0 Å². The number of pyridine rings is 1. The van der Waals surface area contributed by atoms with Crippen LogP contribution in [0.5, 0.6) is 0 Å². The summed E-state index contributed by atoms with van der Waals surface area (Å²) in [6.07, 6.45) is 3.66. The van der Waals surface area contributed by atoms with Crippen molar-refractivity contribution in [3.05, 3.63) is 68.9 Å². The number of fused-ring (bicyclic) bond motifs is 5. The molecular formula is C23H22F3N3O4. The number of ether oxygens (including phenoxy) is 1. The van der Waals surface area contributed by atoms with Crippen molar-refractivity contribution >= 4 is 11.8 Å². The Morgan fingerprint density at radius 2 is 1.88 bits per heavy atom. The molecule has 33 heavy (non-hydrogen) atoms. The Morgan fingerprint density at radius 1 is 1.18 bits per heavy atom. The lowest BCUT2D eigenvalue weighted by molar-refractivity contribution is -0.179. The Bertz CT molecular complexity index is 1200. The molecule has 3 aliphatic rings. The standard InChI is InChI=1S/C23H22F3N3O4/c1-12-2-3-23(4-5-33-23)20-11-28(12)22(32)18-8-19(30)15(10-29(18)20)21(31)27-9-14-16(25)6-13(24)7-17(14)26/h6-8,10,12,20H,2-5,9,11H2,1H3,(H,27,31). The van der Waals surface area contributed by atoms with Crippen LogP contribution in [0.2, 0.25) is 0 Å². The van der Waals surface area contributed by atoms with E-state index < -0.39 is 46.5 Å². The molecule has 0 aliphatic carbocycles. The smallest absolute Gasteiger partial charge is 0.270 e. The van der Waals surface area contributed by atoms with Gasteiger partial charge in [-0.1, -0.05) is 0 Å². The van der Waals surface area contributed by atoms with Gasteiger partial charge in [-0.3, -0.25) is 14.4 Å². The Kier molecular flexibility index (Phi) is 5.08. The number of aromatic nitrogens is 1. The molecule has 2 fully saturated rings. The molecule has 2 bridgehead atoms. The van der Waals surface area contributed by atoms with Gasteiger partial charge in [0.05, 0.1) is 18.2 Å². The average Bonchev–Trinajstić information content (AvgIpc) is 2.86. The third kappa shape index (κ3) is 3.43. The summed E-state index contributed by atoms with van der Waals surface area (Å²) in [7, 11) is 0. The van der Waals surface area contributed by atoms with E-state index in [9.17, 15) is 27.6 Å². The number of amides is 2. The molecule has 174 valence electrons. The first-order valence-electron chi connectivity index (χ1n) is 10.8. The molecule has 10 heteroatoms. The van der Waals surface area contributed by atoms with Crippen molar-refractivity contribution in [3.63, 3.8) is 0 Å². The second kappa shape index (κ2) is 7.72. The van der Waals surface area contributed by atoms with E-state index >= 15 is 0 Å². The predicted molar refractivity (Wildman–Crippen MR) is 110 cm³/mol. The molecular weight excluding hydrogens is 439 g/mol. The van der Waals surface area contributed by atoms with Gasteiger partial charge in [0.25, 0.3) is 11.8 Å². The van der Waals surface area contributed by atoms with Crippen LogP contribution in [0.4, 0.5) is 13.2 Å². The van der Waals surface area contributed by atoms with Gasteiger partial charge in [-0.2, -0.15) is 0 Å². The second-order valence-electron chi connectivity index (χ2n) is 8.90. The highest BCUT2D eigenvalue weighted by atomic mass is 19.1. The zero-order chi connectivity index (χ0) is 23.5. The SMILES string of the molecule is CC1CCC2(CCO2)C2CN1C(=O)c1cc(=O)c(C(=O)NCc3c(F)cc(F)cc3F)cn12. The summed E-state index contributed by atoms with van der Waals surface area (Å²) in [5.74, 6) is -4.49. The Labute approximate surface area is 187 Å². The molecule has 1 spiro atoms. The van der Waals surface area contributed by atoms with Gasteiger partial charge in [0, 0.05) is 55.5 Å². The van der Waals surface area contributed by atoms with Gasteiger partial charge in [0.1, 0.15) is 28.7 Å². The third-order valence-electron chi connectivity index (χ3n) is 7.08. The van der Waals surface area contributed by atoms with E-state index in [4.69, 9.17) is 4.74 Å². The van der Waals surface area contributed by atoms with Crippen LogP contribution in [-0.2, 0) is 11.3 Å². The van der Waals surface area contributed by atoms with Gasteiger partial charge < -0.3 is 19.5 Å². The summed E-state index contributed by atoms with van der Waals surface area (Å²) >= 11 is 0. The van der Waals surface area contributed by atoms with E-state index in [-0.39, 0.29) is 29.2 Å². The second-order valence-corrected chi connectivity index (χ2v) is 8.90. The fourth-order valence-corrected chi connectivity index (χ4v) is 5.06. The normalized spacial score (nSPS) is 25.9.